The fourth-order valence-electron chi connectivity index (χ4n) is 2.80. The zero-order valence-corrected chi connectivity index (χ0v) is 11.4. The highest BCUT2D eigenvalue weighted by Gasteiger charge is 2.29. The van der Waals surface area contributed by atoms with Crippen molar-refractivity contribution in [1.82, 2.24) is 0 Å². The quantitative estimate of drug-likeness (QED) is 0.635. The summed E-state index contributed by atoms with van der Waals surface area (Å²) in [6.07, 6.45) is 0.403. The van der Waals surface area contributed by atoms with Crippen LogP contribution in [-0.2, 0) is 4.79 Å². The monoisotopic (exact) mass is 285 g/mol. The maximum absolute atomic E-state index is 11.9. The van der Waals surface area contributed by atoms with Crippen LogP contribution in [0.5, 0.6) is 0 Å². The van der Waals surface area contributed by atoms with Gasteiger partial charge in [0.25, 0.3) is 0 Å². The lowest BCUT2D eigenvalue weighted by atomic mass is 10.1. The second-order valence-corrected chi connectivity index (χ2v) is 5.70. The first-order valence-electron chi connectivity index (χ1n) is 6.58. The van der Waals surface area contributed by atoms with E-state index in [4.69, 9.17) is 16.0 Å². The van der Waals surface area contributed by atoms with E-state index in [1.807, 2.05) is 42.5 Å². The third kappa shape index (κ3) is 1.70. The summed E-state index contributed by atoms with van der Waals surface area (Å²) >= 11 is 6.05. The molecule has 1 saturated heterocycles. The average Bonchev–Trinajstić information content (AvgIpc) is 2.97. The summed E-state index contributed by atoms with van der Waals surface area (Å²) in [7, 11) is 0. The van der Waals surface area contributed by atoms with Crippen molar-refractivity contribution in [3.8, 4) is 0 Å². The van der Waals surface area contributed by atoms with Crippen molar-refractivity contribution in [2.24, 2.45) is 0 Å². The van der Waals surface area contributed by atoms with Crippen molar-refractivity contribution in [2.75, 3.05) is 11.4 Å². The lowest BCUT2D eigenvalue weighted by Gasteiger charge is -2.15. The summed E-state index contributed by atoms with van der Waals surface area (Å²) in [5.41, 5.74) is 2.52. The van der Waals surface area contributed by atoms with Crippen molar-refractivity contribution in [3.63, 3.8) is 0 Å². The van der Waals surface area contributed by atoms with E-state index in [0.29, 0.717) is 13.0 Å². The van der Waals surface area contributed by atoms with Gasteiger partial charge < -0.3 is 9.32 Å². The average molecular weight is 286 g/mol. The number of fused-ring (bicyclic) bond motifs is 3. The molecule has 1 atom stereocenters. The fraction of sp³-hybridized carbons (Fsp3) is 0.188. The first-order valence-corrected chi connectivity index (χ1v) is 7.02. The second-order valence-electron chi connectivity index (χ2n) is 5.08. The number of furan rings is 1. The predicted molar refractivity (Wildman–Crippen MR) is 80.3 cm³/mol. The molecule has 3 aromatic rings. The van der Waals surface area contributed by atoms with Crippen LogP contribution in [0.15, 0.2) is 46.9 Å². The molecule has 1 amide bonds. The van der Waals surface area contributed by atoms with Crippen LogP contribution in [-0.4, -0.2) is 17.8 Å². The van der Waals surface area contributed by atoms with Crippen molar-refractivity contribution >= 4 is 45.1 Å². The van der Waals surface area contributed by atoms with Crippen LogP contribution < -0.4 is 4.90 Å². The molecule has 2 aromatic carbocycles. The van der Waals surface area contributed by atoms with Gasteiger partial charge in [-0.15, -0.1) is 11.6 Å². The smallest absolute Gasteiger partial charge is 0.228 e. The number of halogens is 1. The van der Waals surface area contributed by atoms with Crippen molar-refractivity contribution in [3.05, 3.63) is 42.5 Å². The fourth-order valence-corrected chi connectivity index (χ4v) is 3.07. The minimum Gasteiger partial charge on any atom is -0.456 e. The van der Waals surface area contributed by atoms with E-state index in [0.717, 1.165) is 27.6 Å². The third-order valence-corrected chi connectivity index (χ3v) is 4.04. The first kappa shape index (κ1) is 11.8. The molecular weight excluding hydrogens is 274 g/mol. The van der Waals surface area contributed by atoms with Crippen LogP contribution in [0.2, 0.25) is 0 Å². The second kappa shape index (κ2) is 4.25. The predicted octanol–water partition coefficient (Wildman–Crippen LogP) is 3.93. The molecule has 1 unspecified atom stereocenters. The number of carbonyl (C=O) groups is 1. The molecule has 1 aliphatic heterocycles. The van der Waals surface area contributed by atoms with E-state index in [1.165, 1.54) is 0 Å². The third-order valence-electron chi connectivity index (χ3n) is 3.75. The molecule has 4 heteroatoms. The molecule has 0 aliphatic carbocycles. The van der Waals surface area contributed by atoms with E-state index in [2.05, 4.69) is 0 Å². The first-order chi connectivity index (χ1) is 9.72. The topological polar surface area (TPSA) is 33.5 Å². The summed E-state index contributed by atoms with van der Waals surface area (Å²) in [5, 5.41) is 2.06. The van der Waals surface area contributed by atoms with Gasteiger partial charge in [0.2, 0.25) is 5.91 Å². The van der Waals surface area contributed by atoms with Gasteiger partial charge in [-0.05, 0) is 18.2 Å². The Morgan fingerprint density at radius 3 is 2.70 bits per heavy atom. The largest absolute Gasteiger partial charge is 0.456 e. The Labute approximate surface area is 120 Å². The van der Waals surface area contributed by atoms with Crippen LogP contribution in [0.4, 0.5) is 5.69 Å². The highest BCUT2D eigenvalue weighted by molar-refractivity contribution is 6.24. The number of anilines is 1. The number of carbonyl (C=O) groups excluding carboxylic acids is 1. The molecule has 20 heavy (non-hydrogen) atoms. The van der Waals surface area contributed by atoms with Gasteiger partial charge in [0, 0.05) is 35.5 Å². The Kier molecular flexibility index (Phi) is 2.51. The number of rotatable bonds is 1. The Morgan fingerprint density at radius 2 is 1.90 bits per heavy atom. The Morgan fingerprint density at radius 1 is 1.10 bits per heavy atom. The van der Waals surface area contributed by atoms with Gasteiger partial charge in [-0.1, -0.05) is 18.2 Å². The molecule has 0 bridgehead atoms. The molecule has 3 nitrogen and oxygen atoms in total. The molecule has 1 aliphatic rings. The van der Waals surface area contributed by atoms with Gasteiger partial charge in [-0.3, -0.25) is 4.79 Å². The number of benzene rings is 2. The summed E-state index contributed by atoms with van der Waals surface area (Å²) in [5.74, 6) is 0.0699. The van der Waals surface area contributed by atoms with E-state index < -0.39 is 0 Å². The molecule has 4 rings (SSSR count). The maximum atomic E-state index is 11.9. The lowest BCUT2D eigenvalue weighted by Crippen LogP contribution is -2.24. The van der Waals surface area contributed by atoms with Gasteiger partial charge in [0.1, 0.15) is 11.2 Å². The summed E-state index contributed by atoms with van der Waals surface area (Å²) in [4.78, 5) is 13.6. The van der Waals surface area contributed by atoms with Crippen LogP contribution in [0, 0.1) is 0 Å². The SMILES string of the molecule is O=C1CC(Cl)CN1c1ccc2c(c1)oc1ccccc12. The van der Waals surface area contributed by atoms with Gasteiger partial charge in [-0.25, -0.2) is 0 Å². The molecule has 0 radical (unpaired) electrons. The molecule has 0 N–H and O–H groups in total. The standard InChI is InChI=1S/C16H12ClNO2/c17-10-7-16(19)18(9-10)11-5-6-13-12-3-1-2-4-14(12)20-15(13)8-11/h1-6,8,10H,7,9H2. The number of hydrogen-bond acceptors (Lipinski definition) is 2. The van der Waals surface area contributed by atoms with Crippen molar-refractivity contribution in [1.29, 1.82) is 0 Å². The summed E-state index contributed by atoms with van der Waals surface area (Å²) in [6.45, 7) is 0.562. The van der Waals surface area contributed by atoms with Crippen molar-refractivity contribution in [2.45, 2.75) is 11.8 Å². The normalized spacial score (nSPS) is 19.4. The molecule has 2 heterocycles. The minimum absolute atomic E-state index is 0.0699. The maximum Gasteiger partial charge on any atom is 0.228 e. The summed E-state index contributed by atoms with van der Waals surface area (Å²) < 4.78 is 5.84. The number of hydrogen-bond donors (Lipinski definition) is 0. The molecule has 100 valence electrons. The van der Waals surface area contributed by atoms with Crippen molar-refractivity contribution < 1.29 is 9.21 Å². The number of nitrogens with zero attached hydrogens (tertiary/aromatic N) is 1. The van der Waals surface area contributed by atoms with Gasteiger partial charge in [-0.2, -0.15) is 0 Å². The molecule has 0 spiro atoms. The van der Waals surface area contributed by atoms with Crippen LogP contribution >= 0.6 is 11.6 Å². The Hall–Kier alpha value is -2.00. The van der Waals surface area contributed by atoms with Gasteiger partial charge in [0.15, 0.2) is 0 Å². The van der Waals surface area contributed by atoms with E-state index in [9.17, 15) is 4.79 Å². The highest BCUT2D eigenvalue weighted by atomic mass is 35.5. The summed E-state index contributed by atoms with van der Waals surface area (Å²) in [6, 6.07) is 13.8. The molecular formula is C16H12ClNO2. The molecule has 0 saturated carbocycles. The Balaban J connectivity index is 1.87. The number of para-hydroxylation sites is 1. The number of alkyl halides is 1. The van der Waals surface area contributed by atoms with Gasteiger partial charge in [0.05, 0.1) is 5.38 Å². The van der Waals surface area contributed by atoms with E-state index in [1.54, 1.807) is 4.90 Å². The Bertz CT molecular complexity index is 824. The number of amides is 1. The lowest BCUT2D eigenvalue weighted by molar-refractivity contribution is -0.117. The minimum atomic E-state index is -0.103. The molecule has 1 fully saturated rings. The molecule has 1 aromatic heterocycles. The zero-order valence-electron chi connectivity index (χ0n) is 10.7. The van der Waals surface area contributed by atoms with Crippen LogP contribution in [0.3, 0.4) is 0 Å². The zero-order chi connectivity index (χ0) is 13.7. The highest BCUT2D eigenvalue weighted by Crippen LogP contribution is 2.33. The van der Waals surface area contributed by atoms with Gasteiger partial charge >= 0.3 is 0 Å². The van der Waals surface area contributed by atoms with E-state index in [-0.39, 0.29) is 11.3 Å². The van der Waals surface area contributed by atoms with E-state index >= 15 is 0 Å². The van der Waals surface area contributed by atoms with Crippen LogP contribution in [0.1, 0.15) is 6.42 Å². The van der Waals surface area contributed by atoms with Crippen LogP contribution in [0.25, 0.3) is 21.9 Å².